The van der Waals surface area contributed by atoms with Crippen molar-refractivity contribution in [2.75, 3.05) is 12.4 Å². The first kappa shape index (κ1) is 10.9. The van der Waals surface area contributed by atoms with E-state index in [0.717, 1.165) is 6.08 Å². The Bertz CT molecular complexity index is 384. The van der Waals surface area contributed by atoms with Crippen LogP contribution in [0, 0.1) is 0 Å². The molecule has 1 amide bonds. The minimum absolute atomic E-state index is 0.189. The number of pyridine rings is 1. The summed E-state index contributed by atoms with van der Waals surface area (Å²) in [6.45, 7) is 3.31. The number of hydrogen-bond donors (Lipinski definition) is 1. The van der Waals surface area contributed by atoms with Gasteiger partial charge in [0.1, 0.15) is 5.69 Å². The molecule has 0 spiro atoms. The third-order valence-corrected chi connectivity index (χ3v) is 1.61. The molecule has 5 heteroatoms. The molecule has 0 fully saturated rings. The van der Waals surface area contributed by atoms with Crippen LogP contribution in [0.3, 0.4) is 0 Å². The predicted molar refractivity (Wildman–Crippen MR) is 54.4 cm³/mol. The van der Waals surface area contributed by atoms with E-state index < -0.39 is 5.97 Å². The van der Waals surface area contributed by atoms with E-state index in [2.05, 4.69) is 21.6 Å². The minimum Gasteiger partial charge on any atom is -0.464 e. The second-order valence-electron chi connectivity index (χ2n) is 2.62. The fraction of sp³-hybridized carbons (Fsp3) is 0.100. The summed E-state index contributed by atoms with van der Waals surface area (Å²) in [5, 5.41) is 2.50. The molecule has 0 aliphatic carbocycles. The van der Waals surface area contributed by atoms with Crippen molar-refractivity contribution in [2.45, 2.75) is 0 Å². The van der Waals surface area contributed by atoms with Crippen molar-refractivity contribution in [3.05, 3.63) is 36.7 Å². The lowest BCUT2D eigenvalue weighted by Gasteiger charge is -2.02. The zero-order valence-electron chi connectivity index (χ0n) is 8.19. The van der Waals surface area contributed by atoms with Gasteiger partial charge in [0.25, 0.3) is 0 Å². The average molecular weight is 206 g/mol. The van der Waals surface area contributed by atoms with Crippen molar-refractivity contribution in [3.63, 3.8) is 0 Å². The third kappa shape index (κ3) is 2.91. The maximum atomic E-state index is 11.0. The Kier molecular flexibility index (Phi) is 3.56. The van der Waals surface area contributed by atoms with Gasteiger partial charge < -0.3 is 10.1 Å². The van der Waals surface area contributed by atoms with Gasteiger partial charge in [-0.2, -0.15) is 0 Å². The molecule has 78 valence electrons. The Morgan fingerprint density at radius 2 is 2.27 bits per heavy atom. The molecule has 0 bridgehead atoms. The molecule has 0 atom stereocenters. The normalized spacial score (nSPS) is 9.13. The monoisotopic (exact) mass is 206 g/mol. The summed E-state index contributed by atoms with van der Waals surface area (Å²) in [6, 6.07) is 3.02. The highest BCUT2D eigenvalue weighted by atomic mass is 16.5. The Balaban J connectivity index is 2.76. The molecule has 0 radical (unpaired) electrons. The van der Waals surface area contributed by atoms with E-state index >= 15 is 0 Å². The summed E-state index contributed by atoms with van der Waals surface area (Å²) < 4.78 is 4.47. The van der Waals surface area contributed by atoms with Crippen molar-refractivity contribution in [2.24, 2.45) is 0 Å². The second-order valence-corrected chi connectivity index (χ2v) is 2.62. The number of hydrogen-bond acceptors (Lipinski definition) is 4. The van der Waals surface area contributed by atoms with Crippen molar-refractivity contribution in [3.8, 4) is 0 Å². The Morgan fingerprint density at radius 3 is 2.73 bits per heavy atom. The van der Waals surface area contributed by atoms with Crippen LogP contribution in [0.5, 0.6) is 0 Å². The zero-order valence-corrected chi connectivity index (χ0v) is 8.19. The topological polar surface area (TPSA) is 68.3 Å². The van der Waals surface area contributed by atoms with Crippen LogP contribution in [0.15, 0.2) is 31.0 Å². The van der Waals surface area contributed by atoms with Crippen molar-refractivity contribution in [1.29, 1.82) is 0 Å². The van der Waals surface area contributed by atoms with Gasteiger partial charge in [-0.25, -0.2) is 9.78 Å². The Hall–Kier alpha value is -2.17. The molecule has 0 aromatic carbocycles. The maximum Gasteiger partial charge on any atom is 0.356 e. The molecule has 5 nitrogen and oxygen atoms in total. The number of carbonyl (C=O) groups is 2. The first-order valence-corrected chi connectivity index (χ1v) is 4.15. The number of nitrogens with zero attached hydrogens (tertiary/aromatic N) is 1. The summed E-state index contributed by atoms with van der Waals surface area (Å²) >= 11 is 0. The van der Waals surface area contributed by atoms with Crippen molar-refractivity contribution in [1.82, 2.24) is 4.98 Å². The average Bonchev–Trinajstić information content (AvgIpc) is 2.29. The number of amides is 1. The van der Waals surface area contributed by atoms with Gasteiger partial charge in [-0.15, -0.1) is 0 Å². The molecule has 0 aliphatic rings. The van der Waals surface area contributed by atoms with E-state index in [1.807, 2.05) is 0 Å². The number of esters is 1. The van der Waals surface area contributed by atoms with Gasteiger partial charge in [0.05, 0.1) is 19.0 Å². The molecule has 1 aromatic rings. The number of methoxy groups -OCH3 is 1. The van der Waals surface area contributed by atoms with E-state index in [1.54, 1.807) is 6.07 Å². The van der Waals surface area contributed by atoms with Gasteiger partial charge in [0.15, 0.2) is 0 Å². The van der Waals surface area contributed by atoms with Gasteiger partial charge in [-0.1, -0.05) is 6.58 Å². The van der Waals surface area contributed by atoms with Crippen LogP contribution < -0.4 is 5.32 Å². The summed E-state index contributed by atoms with van der Waals surface area (Å²) in [7, 11) is 1.28. The summed E-state index contributed by atoms with van der Waals surface area (Å²) in [5.74, 6) is -0.848. The molecule has 15 heavy (non-hydrogen) atoms. The van der Waals surface area contributed by atoms with Crippen LogP contribution in [0.4, 0.5) is 5.69 Å². The summed E-state index contributed by atoms with van der Waals surface area (Å²) in [4.78, 5) is 25.7. The highest BCUT2D eigenvalue weighted by molar-refractivity contribution is 5.99. The number of carbonyl (C=O) groups excluding carboxylic acids is 2. The first-order valence-electron chi connectivity index (χ1n) is 4.15. The van der Waals surface area contributed by atoms with Crippen LogP contribution in [-0.4, -0.2) is 24.0 Å². The highest BCUT2D eigenvalue weighted by Crippen LogP contribution is 2.06. The molecule has 0 aliphatic heterocycles. The molecule has 0 saturated carbocycles. The summed E-state index contributed by atoms with van der Waals surface area (Å²) in [5.41, 5.74) is 0.682. The van der Waals surface area contributed by atoms with E-state index in [1.165, 1.54) is 19.4 Å². The fourth-order valence-electron chi connectivity index (χ4n) is 0.886. The van der Waals surface area contributed by atoms with Crippen LogP contribution in [0.2, 0.25) is 0 Å². The van der Waals surface area contributed by atoms with Gasteiger partial charge in [-0.05, 0) is 18.2 Å². The number of nitrogens with one attached hydrogen (secondary N) is 1. The smallest absolute Gasteiger partial charge is 0.356 e. The van der Waals surface area contributed by atoms with Crippen LogP contribution in [0.25, 0.3) is 0 Å². The molecule has 1 N–H and O–H groups in total. The molecule has 1 rings (SSSR count). The number of aromatic nitrogens is 1. The van der Waals surface area contributed by atoms with Gasteiger partial charge >= 0.3 is 5.97 Å². The molecule has 0 saturated heterocycles. The third-order valence-electron chi connectivity index (χ3n) is 1.61. The Morgan fingerprint density at radius 1 is 1.53 bits per heavy atom. The fourth-order valence-corrected chi connectivity index (χ4v) is 0.886. The standard InChI is InChI=1S/C10H10N2O3/c1-3-9(13)12-7-4-5-8(11-6-7)10(14)15-2/h3-6H,1H2,2H3,(H,12,13). The zero-order chi connectivity index (χ0) is 11.3. The predicted octanol–water partition coefficient (Wildman–Crippen LogP) is 0.993. The van der Waals surface area contributed by atoms with E-state index in [4.69, 9.17) is 0 Å². The number of rotatable bonds is 3. The van der Waals surface area contributed by atoms with Crippen LogP contribution in [-0.2, 0) is 9.53 Å². The lowest BCUT2D eigenvalue weighted by Crippen LogP contribution is -2.09. The van der Waals surface area contributed by atoms with Crippen molar-refractivity contribution >= 4 is 17.6 Å². The SMILES string of the molecule is C=CC(=O)Nc1ccc(C(=O)OC)nc1. The highest BCUT2D eigenvalue weighted by Gasteiger charge is 2.06. The lowest BCUT2D eigenvalue weighted by molar-refractivity contribution is -0.111. The second kappa shape index (κ2) is 4.90. The maximum absolute atomic E-state index is 11.0. The van der Waals surface area contributed by atoms with Crippen LogP contribution >= 0.6 is 0 Å². The van der Waals surface area contributed by atoms with Crippen LogP contribution in [0.1, 0.15) is 10.5 Å². The van der Waals surface area contributed by atoms with Gasteiger partial charge in [0.2, 0.25) is 5.91 Å². The number of anilines is 1. The first-order chi connectivity index (χ1) is 7.17. The van der Waals surface area contributed by atoms with Gasteiger partial charge in [-0.3, -0.25) is 4.79 Å². The lowest BCUT2D eigenvalue weighted by atomic mass is 10.3. The molecule has 1 aromatic heterocycles. The minimum atomic E-state index is -0.517. The van der Waals surface area contributed by atoms with E-state index in [-0.39, 0.29) is 11.6 Å². The molecular weight excluding hydrogens is 196 g/mol. The molecule has 1 heterocycles. The van der Waals surface area contributed by atoms with Gasteiger partial charge in [0, 0.05) is 0 Å². The van der Waals surface area contributed by atoms with E-state index in [9.17, 15) is 9.59 Å². The number of ether oxygens (including phenoxy) is 1. The molecular formula is C10H10N2O3. The quantitative estimate of drug-likeness (QED) is 0.591. The van der Waals surface area contributed by atoms with Crippen molar-refractivity contribution < 1.29 is 14.3 Å². The largest absolute Gasteiger partial charge is 0.464 e. The van der Waals surface area contributed by atoms with E-state index in [0.29, 0.717) is 5.69 Å². The summed E-state index contributed by atoms with van der Waals surface area (Å²) in [6.07, 6.45) is 2.52. The molecule has 0 unspecified atom stereocenters. The Labute approximate surface area is 86.8 Å².